The molecule has 0 saturated carbocycles. The first-order chi connectivity index (χ1) is 10.2. The van der Waals surface area contributed by atoms with E-state index in [2.05, 4.69) is 30.5 Å². The van der Waals surface area contributed by atoms with Gasteiger partial charge in [0.25, 0.3) is 0 Å². The Kier molecular flexibility index (Phi) is 5.45. The summed E-state index contributed by atoms with van der Waals surface area (Å²) < 4.78 is 0. The second-order valence-electron chi connectivity index (χ2n) is 4.96. The number of nitrogens with zero attached hydrogens (tertiary/aromatic N) is 4. The lowest BCUT2D eigenvalue weighted by Crippen LogP contribution is -2.21. The Balaban J connectivity index is 2.22. The van der Waals surface area contributed by atoms with E-state index < -0.39 is 0 Å². The van der Waals surface area contributed by atoms with E-state index in [1.165, 1.54) is 0 Å². The van der Waals surface area contributed by atoms with Gasteiger partial charge in [-0.15, -0.1) is 0 Å². The van der Waals surface area contributed by atoms with Crippen LogP contribution in [0, 0.1) is 0 Å². The minimum absolute atomic E-state index is 0.633. The van der Waals surface area contributed by atoms with Crippen molar-refractivity contribution in [2.24, 2.45) is 0 Å². The van der Waals surface area contributed by atoms with Crippen LogP contribution in [0.4, 0.5) is 11.8 Å². The molecule has 2 heterocycles. The third kappa shape index (κ3) is 4.68. The first-order valence-corrected chi connectivity index (χ1v) is 7.11. The molecular weight excluding hydrogens is 264 g/mol. The maximum Gasteiger partial charge on any atom is 0.225 e. The lowest BCUT2D eigenvalue weighted by Gasteiger charge is -2.12. The van der Waals surface area contributed by atoms with Crippen molar-refractivity contribution in [3.05, 3.63) is 30.6 Å². The van der Waals surface area contributed by atoms with Gasteiger partial charge in [0.2, 0.25) is 5.95 Å². The number of rotatable bonds is 7. The number of pyridine rings is 1. The highest BCUT2D eigenvalue weighted by molar-refractivity contribution is 5.63. The Morgan fingerprint density at radius 3 is 2.71 bits per heavy atom. The summed E-state index contributed by atoms with van der Waals surface area (Å²) in [5.74, 6) is 1.45. The van der Waals surface area contributed by atoms with Crippen molar-refractivity contribution in [1.82, 2.24) is 19.9 Å². The summed E-state index contributed by atoms with van der Waals surface area (Å²) >= 11 is 0. The van der Waals surface area contributed by atoms with Crippen LogP contribution in [0.15, 0.2) is 30.6 Å². The fourth-order valence-electron chi connectivity index (χ4n) is 1.85. The molecule has 2 N–H and O–H groups in total. The number of nitrogens with one attached hydrogen (secondary N) is 2. The van der Waals surface area contributed by atoms with Crippen molar-refractivity contribution in [2.75, 3.05) is 44.4 Å². The largest absolute Gasteiger partial charge is 0.370 e. The van der Waals surface area contributed by atoms with Crippen LogP contribution < -0.4 is 10.6 Å². The van der Waals surface area contributed by atoms with Gasteiger partial charge in [-0.25, -0.2) is 4.98 Å². The smallest absolute Gasteiger partial charge is 0.225 e. The lowest BCUT2D eigenvalue weighted by atomic mass is 10.2. The fraction of sp³-hybridized carbons (Fsp3) is 0.400. The molecule has 0 unspecified atom stereocenters. The predicted molar refractivity (Wildman–Crippen MR) is 86.5 cm³/mol. The number of hydrogen-bond donors (Lipinski definition) is 2. The van der Waals surface area contributed by atoms with Gasteiger partial charge in [0.05, 0.1) is 5.69 Å². The van der Waals surface area contributed by atoms with Crippen molar-refractivity contribution in [2.45, 2.75) is 6.92 Å². The molecule has 0 aliphatic rings. The van der Waals surface area contributed by atoms with Gasteiger partial charge in [0, 0.05) is 43.7 Å². The second-order valence-corrected chi connectivity index (χ2v) is 4.96. The zero-order valence-electron chi connectivity index (χ0n) is 12.8. The summed E-state index contributed by atoms with van der Waals surface area (Å²) in [5, 5.41) is 6.50. The topological polar surface area (TPSA) is 66.0 Å². The van der Waals surface area contributed by atoms with Gasteiger partial charge in [-0.2, -0.15) is 4.98 Å². The molecule has 0 spiro atoms. The first kappa shape index (κ1) is 15.2. The van der Waals surface area contributed by atoms with Crippen molar-refractivity contribution < 1.29 is 0 Å². The van der Waals surface area contributed by atoms with E-state index >= 15 is 0 Å². The summed E-state index contributed by atoms with van der Waals surface area (Å²) in [4.78, 5) is 15.3. The van der Waals surface area contributed by atoms with E-state index in [-0.39, 0.29) is 0 Å². The summed E-state index contributed by atoms with van der Waals surface area (Å²) in [5.41, 5.74) is 1.84. The van der Waals surface area contributed by atoms with Crippen LogP contribution in [0.25, 0.3) is 11.3 Å². The number of likely N-dealkylation sites (N-methyl/N-ethyl adjacent to an activating group) is 1. The quantitative estimate of drug-likeness (QED) is 0.811. The van der Waals surface area contributed by atoms with Gasteiger partial charge in [0.15, 0.2) is 0 Å². The molecule has 0 fully saturated rings. The number of hydrogen-bond acceptors (Lipinski definition) is 6. The van der Waals surface area contributed by atoms with Gasteiger partial charge >= 0.3 is 0 Å². The molecule has 0 aliphatic heterocycles. The third-order valence-electron chi connectivity index (χ3n) is 2.88. The molecule has 6 heteroatoms. The molecule has 2 aromatic heterocycles. The van der Waals surface area contributed by atoms with Gasteiger partial charge in [0.1, 0.15) is 5.82 Å². The lowest BCUT2D eigenvalue weighted by molar-refractivity contribution is 0.425. The Labute approximate surface area is 125 Å². The zero-order valence-corrected chi connectivity index (χ0v) is 12.8. The molecule has 2 rings (SSSR count). The van der Waals surface area contributed by atoms with E-state index in [1.807, 2.05) is 45.4 Å². The van der Waals surface area contributed by atoms with Gasteiger partial charge in [-0.05, 0) is 33.2 Å². The highest BCUT2D eigenvalue weighted by Gasteiger charge is 2.06. The number of anilines is 2. The Morgan fingerprint density at radius 1 is 1.19 bits per heavy atom. The van der Waals surface area contributed by atoms with E-state index in [0.717, 1.165) is 36.7 Å². The standard InChI is InChI=1S/C15H22N6/c1-4-17-14-10-13(12-6-5-7-16-11-12)19-15(20-14)18-8-9-21(2)3/h5-7,10-11H,4,8-9H2,1-3H3,(H2,17,18,19,20). The maximum atomic E-state index is 4.56. The summed E-state index contributed by atoms with van der Waals surface area (Å²) in [6.07, 6.45) is 3.56. The van der Waals surface area contributed by atoms with Crippen LogP contribution in [0.5, 0.6) is 0 Å². The Bertz CT molecular complexity index is 555. The van der Waals surface area contributed by atoms with Crippen molar-refractivity contribution in [3.8, 4) is 11.3 Å². The molecule has 0 aliphatic carbocycles. The summed E-state index contributed by atoms with van der Waals surface area (Å²) in [7, 11) is 4.08. The van der Waals surface area contributed by atoms with E-state index in [0.29, 0.717) is 5.95 Å². The van der Waals surface area contributed by atoms with E-state index in [1.54, 1.807) is 6.20 Å². The number of aromatic nitrogens is 3. The second kappa shape index (κ2) is 7.54. The monoisotopic (exact) mass is 286 g/mol. The third-order valence-corrected chi connectivity index (χ3v) is 2.88. The average Bonchev–Trinajstić information content (AvgIpc) is 2.48. The van der Waals surface area contributed by atoms with Crippen molar-refractivity contribution in [1.29, 1.82) is 0 Å². The highest BCUT2D eigenvalue weighted by Crippen LogP contribution is 2.20. The molecule has 0 bridgehead atoms. The van der Waals surface area contributed by atoms with Crippen LogP contribution >= 0.6 is 0 Å². The van der Waals surface area contributed by atoms with Gasteiger partial charge < -0.3 is 15.5 Å². The molecule has 0 radical (unpaired) electrons. The molecule has 0 saturated heterocycles. The normalized spacial score (nSPS) is 10.7. The van der Waals surface area contributed by atoms with Crippen molar-refractivity contribution in [3.63, 3.8) is 0 Å². The van der Waals surface area contributed by atoms with Crippen LogP contribution in [0.3, 0.4) is 0 Å². The SMILES string of the molecule is CCNc1cc(-c2cccnc2)nc(NCCN(C)C)n1. The average molecular weight is 286 g/mol. The molecule has 0 atom stereocenters. The van der Waals surface area contributed by atoms with E-state index in [9.17, 15) is 0 Å². The first-order valence-electron chi connectivity index (χ1n) is 7.11. The van der Waals surface area contributed by atoms with Gasteiger partial charge in [-0.3, -0.25) is 4.98 Å². The van der Waals surface area contributed by atoms with E-state index in [4.69, 9.17) is 0 Å². The Hall–Kier alpha value is -2.21. The molecule has 21 heavy (non-hydrogen) atoms. The minimum Gasteiger partial charge on any atom is -0.370 e. The summed E-state index contributed by atoms with van der Waals surface area (Å²) in [6.45, 7) is 4.59. The molecular formula is C15H22N6. The highest BCUT2D eigenvalue weighted by atomic mass is 15.2. The Morgan fingerprint density at radius 2 is 2.05 bits per heavy atom. The zero-order chi connectivity index (χ0) is 15.1. The molecule has 0 amide bonds. The van der Waals surface area contributed by atoms with Crippen LogP contribution in [-0.4, -0.2) is 53.6 Å². The van der Waals surface area contributed by atoms with Crippen LogP contribution in [0.2, 0.25) is 0 Å². The minimum atomic E-state index is 0.633. The predicted octanol–water partition coefficient (Wildman–Crippen LogP) is 1.94. The van der Waals surface area contributed by atoms with Crippen LogP contribution in [0.1, 0.15) is 6.92 Å². The maximum absolute atomic E-state index is 4.56. The molecule has 0 aromatic carbocycles. The van der Waals surface area contributed by atoms with Crippen molar-refractivity contribution >= 4 is 11.8 Å². The molecule has 2 aromatic rings. The molecule has 6 nitrogen and oxygen atoms in total. The fourth-order valence-corrected chi connectivity index (χ4v) is 1.85. The molecule has 112 valence electrons. The summed E-state index contributed by atoms with van der Waals surface area (Å²) in [6, 6.07) is 5.84. The van der Waals surface area contributed by atoms with Gasteiger partial charge in [-0.1, -0.05) is 0 Å². The van der Waals surface area contributed by atoms with Crippen LogP contribution in [-0.2, 0) is 0 Å².